The minimum Gasteiger partial charge on any atom is -0.492 e. The quantitative estimate of drug-likeness (QED) is 0.864. The van der Waals surface area contributed by atoms with E-state index in [4.69, 9.17) is 9.47 Å². The van der Waals surface area contributed by atoms with Crippen molar-refractivity contribution in [3.63, 3.8) is 0 Å². The lowest BCUT2D eigenvalue weighted by Gasteiger charge is -2.27. The average molecular weight is 358 g/mol. The van der Waals surface area contributed by atoms with Crippen molar-refractivity contribution >= 4 is 11.8 Å². The predicted molar refractivity (Wildman–Crippen MR) is 96.6 cm³/mol. The molecule has 1 saturated heterocycles. The number of rotatable bonds is 4. The number of benzene rings is 1. The van der Waals surface area contributed by atoms with Gasteiger partial charge in [-0.15, -0.1) is 0 Å². The summed E-state index contributed by atoms with van der Waals surface area (Å²) in [7, 11) is 1.60. The van der Waals surface area contributed by atoms with Gasteiger partial charge in [-0.1, -0.05) is 6.92 Å². The summed E-state index contributed by atoms with van der Waals surface area (Å²) in [5.74, 6) is 1.52. The molecule has 3 aliphatic rings. The molecule has 2 heterocycles. The third-order valence-electron chi connectivity index (χ3n) is 5.92. The second-order valence-electron chi connectivity index (χ2n) is 7.68. The molecule has 1 aliphatic carbocycles. The van der Waals surface area contributed by atoms with Gasteiger partial charge < -0.3 is 20.1 Å². The summed E-state index contributed by atoms with van der Waals surface area (Å²) in [6.07, 6.45) is 2.99. The van der Waals surface area contributed by atoms with E-state index in [9.17, 15) is 9.59 Å². The van der Waals surface area contributed by atoms with Gasteiger partial charge in [0.2, 0.25) is 0 Å². The van der Waals surface area contributed by atoms with Gasteiger partial charge >= 0.3 is 0 Å². The van der Waals surface area contributed by atoms with Crippen LogP contribution < -0.4 is 15.4 Å². The Labute approximate surface area is 153 Å². The summed E-state index contributed by atoms with van der Waals surface area (Å²) in [6, 6.07) is 3.84. The van der Waals surface area contributed by atoms with Crippen molar-refractivity contribution < 1.29 is 19.1 Å². The monoisotopic (exact) mass is 358 g/mol. The third-order valence-corrected chi connectivity index (χ3v) is 5.92. The fourth-order valence-corrected chi connectivity index (χ4v) is 4.07. The Morgan fingerprint density at radius 1 is 1.15 bits per heavy atom. The molecule has 0 bridgehead atoms. The Hall–Kier alpha value is -2.08. The van der Waals surface area contributed by atoms with Crippen LogP contribution in [0.3, 0.4) is 0 Å². The normalized spacial score (nSPS) is 27.4. The number of amides is 2. The molecular formula is C20H26N2O4. The van der Waals surface area contributed by atoms with Gasteiger partial charge in [0.15, 0.2) is 0 Å². The van der Waals surface area contributed by atoms with Crippen LogP contribution in [0.25, 0.3) is 0 Å². The first-order valence-corrected chi connectivity index (χ1v) is 9.50. The highest BCUT2D eigenvalue weighted by Crippen LogP contribution is 2.44. The molecule has 4 rings (SSSR count). The summed E-state index contributed by atoms with van der Waals surface area (Å²) in [5.41, 5.74) is 1.99. The van der Waals surface area contributed by atoms with E-state index in [1.54, 1.807) is 13.1 Å². The first-order valence-electron chi connectivity index (χ1n) is 9.50. The van der Waals surface area contributed by atoms with E-state index in [0.29, 0.717) is 35.3 Å². The second kappa shape index (κ2) is 6.91. The zero-order valence-corrected chi connectivity index (χ0v) is 15.3. The summed E-state index contributed by atoms with van der Waals surface area (Å²) in [5, 5.41) is 5.72. The summed E-state index contributed by atoms with van der Waals surface area (Å²) < 4.78 is 11.4. The molecule has 3 atom stereocenters. The molecule has 0 spiro atoms. The number of hydrogen-bond donors (Lipinski definition) is 2. The molecule has 2 N–H and O–H groups in total. The van der Waals surface area contributed by atoms with E-state index < -0.39 is 0 Å². The van der Waals surface area contributed by atoms with Crippen LogP contribution in [-0.2, 0) is 4.74 Å². The molecule has 1 aromatic carbocycles. The summed E-state index contributed by atoms with van der Waals surface area (Å²) in [4.78, 5) is 25.1. The fraction of sp³-hybridized carbons (Fsp3) is 0.600. The van der Waals surface area contributed by atoms with Crippen LogP contribution >= 0.6 is 0 Å². The van der Waals surface area contributed by atoms with Crippen LogP contribution in [-0.4, -0.2) is 44.7 Å². The molecular weight excluding hydrogens is 332 g/mol. The topological polar surface area (TPSA) is 76.7 Å². The molecule has 2 amide bonds. The van der Waals surface area contributed by atoms with E-state index in [1.165, 1.54) is 0 Å². The molecule has 0 unspecified atom stereocenters. The highest BCUT2D eigenvalue weighted by Gasteiger charge is 2.37. The Kier molecular flexibility index (Phi) is 4.61. The standard InChI is InChI=1S/C20H26N2O4/c1-11-7-17(11)22-19(23)13-8-14-16(12-3-5-25-6-4-12)10-26-18(14)15(9-13)20(24)21-2/h8-9,11-12,16-17H,3-7,10H2,1-2H3,(H,21,24)(H,22,23)/t11-,16-,17-/m0/s1. The minimum absolute atomic E-state index is 0.107. The van der Waals surface area contributed by atoms with Crippen molar-refractivity contribution in [2.24, 2.45) is 11.8 Å². The predicted octanol–water partition coefficient (Wildman–Crippen LogP) is 2.09. The molecule has 6 heteroatoms. The molecule has 0 radical (unpaired) electrons. The maximum Gasteiger partial charge on any atom is 0.254 e. The van der Waals surface area contributed by atoms with Gasteiger partial charge in [-0.25, -0.2) is 0 Å². The maximum absolute atomic E-state index is 12.7. The van der Waals surface area contributed by atoms with Gasteiger partial charge in [0.05, 0.1) is 12.2 Å². The van der Waals surface area contributed by atoms with E-state index >= 15 is 0 Å². The zero-order valence-electron chi connectivity index (χ0n) is 15.3. The van der Waals surface area contributed by atoms with Gasteiger partial charge in [0.1, 0.15) is 5.75 Å². The zero-order chi connectivity index (χ0) is 18.3. The lowest BCUT2D eigenvalue weighted by atomic mass is 9.81. The van der Waals surface area contributed by atoms with E-state index in [0.717, 1.165) is 38.0 Å². The lowest BCUT2D eigenvalue weighted by Crippen LogP contribution is -2.28. The maximum atomic E-state index is 12.7. The Morgan fingerprint density at radius 2 is 1.88 bits per heavy atom. The molecule has 2 fully saturated rings. The van der Waals surface area contributed by atoms with Crippen molar-refractivity contribution in [1.82, 2.24) is 10.6 Å². The highest BCUT2D eigenvalue weighted by atomic mass is 16.5. The highest BCUT2D eigenvalue weighted by molar-refractivity contribution is 6.02. The summed E-state index contributed by atoms with van der Waals surface area (Å²) in [6.45, 7) is 4.21. The molecule has 26 heavy (non-hydrogen) atoms. The van der Waals surface area contributed by atoms with Crippen LogP contribution in [0.4, 0.5) is 0 Å². The third kappa shape index (κ3) is 3.18. The number of ether oxygens (including phenoxy) is 2. The number of fused-ring (bicyclic) bond motifs is 1. The van der Waals surface area contributed by atoms with Crippen molar-refractivity contribution in [3.05, 3.63) is 28.8 Å². The SMILES string of the molecule is CNC(=O)c1cc(C(=O)N[C@H]2C[C@@H]2C)cc2c1OC[C@H]2C1CCOCC1. The van der Waals surface area contributed by atoms with Crippen molar-refractivity contribution in [2.75, 3.05) is 26.9 Å². The Morgan fingerprint density at radius 3 is 2.54 bits per heavy atom. The molecule has 0 aromatic heterocycles. The van der Waals surface area contributed by atoms with Crippen LogP contribution in [0.2, 0.25) is 0 Å². The second-order valence-corrected chi connectivity index (χ2v) is 7.68. The average Bonchev–Trinajstić information content (AvgIpc) is 3.19. The molecule has 2 aliphatic heterocycles. The molecule has 6 nitrogen and oxygen atoms in total. The van der Waals surface area contributed by atoms with Crippen LogP contribution in [0.15, 0.2) is 12.1 Å². The summed E-state index contributed by atoms with van der Waals surface area (Å²) >= 11 is 0. The minimum atomic E-state index is -0.219. The molecule has 140 valence electrons. The smallest absolute Gasteiger partial charge is 0.254 e. The number of carbonyl (C=O) groups excluding carboxylic acids is 2. The van der Waals surface area contributed by atoms with Gasteiger partial charge in [0, 0.05) is 43.3 Å². The van der Waals surface area contributed by atoms with Gasteiger partial charge in [-0.2, -0.15) is 0 Å². The number of hydrogen-bond acceptors (Lipinski definition) is 4. The van der Waals surface area contributed by atoms with Crippen LogP contribution in [0.1, 0.15) is 58.4 Å². The van der Waals surface area contributed by atoms with Crippen LogP contribution in [0.5, 0.6) is 5.75 Å². The molecule has 1 saturated carbocycles. The van der Waals surface area contributed by atoms with Crippen molar-refractivity contribution in [3.8, 4) is 5.75 Å². The van der Waals surface area contributed by atoms with Crippen LogP contribution in [0, 0.1) is 11.8 Å². The van der Waals surface area contributed by atoms with E-state index in [1.807, 2.05) is 6.07 Å². The number of carbonyl (C=O) groups is 2. The molecule has 1 aromatic rings. The van der Waals surface area contributed by atoms with Crippen molar-refractivity contribution in [2.45, 2.75) is 38.1 Å². The first-order chi connectivity index (χ1) is 12.6. The fourth-order valence-electron chi connectivity index (χ4n) is 4.07. The van der Waals surface area contributed by atoms with E-state index in [2.05, 4.69) is 17.6 Å². The van der Waals surface area contributed by atoms with Gasteiger partial charge in [-0.3, -0.25) is 9.59 Å². The Bertz CT molecular complexity index is 727. The number of nitrogens with one attached hydrogen (secondary N) is 2. The lowest BCUT2D eigenvalue weighted by molar-refractivity contribution is 0.0551. The van der Waals surface area contributed by atoms with Crippen molar-refractivity contribution in [1.29, 1.82) is 0 Å². The Balaban J connectivity index is 1.67. The van der Waals surface area contributed by atoms with Gasteiger partial charge in [-0.05, 0) is 43.2 Å². The largest absolute Gasteiger partial charge is 0.492 e. The van der Waals surface area contributed by atoms with E-state index in [-0.39, 0.29) is 23.8 Å². The first kappa shape index (κ1) is 17.3. The van der Waals surface area contributed by atoms with Gasteiger partial charge in [0.25, 0.3) is 11.8 Å².